The average molecular weight is 344 g/mol. The molecule has 1 rings (SSSR count). The molecule has 0 saturated carbocycles. The number of hydrogen-bond donors (Lipinski definition) is 2. The van der Waals surface area contributed by atoms with Gasteiger partial charge in [-0.3, -0.25) is 14.9 Å². The van der Waals surface area contributed by atoms with Gasteiger partial charge in [-0.25, -0.2) is 9.18 Å². The van der Waals surface area contributed by atoms with Crippen LogP contribution in [0.15, 0.2) is 12.1 Å². The van der Waals surface area contributed by atoms with E-state index >= 15 is 0 Å². The molecule has 132 valence electrons. The highest BCUT2D eigenvalue weighted by atomic mass is 19.1. The average Bonchev–Trinajstić information content (AvgIpc) is 2.41. The number of nitrogens with one attached hydrogen (secondary N) is 1. The number of nitrogens with zero attached hydrogens (tertiary/aromatic N) is 1. The van der Waals surface area contributed by atoms with Gasteiger partial charge in [-0.15, -0.1) is 0 Å². The summed E-state index contributed by atoms with van der Waals surface area (Å²) in [7, 11) is 0. The second-order valence-electron chi connectivity index (χ2n) is 5.68. The summed E-state index contributed by atoms with van der Waals surface area (Å²) < 4.78 is 23.5. The summed E-state index contributed by atoms with van der Waals surface area (Å²) in [5.74, 6) is -3.62. The van der Waals surface area contributed by atoms with E-state index in [2.05, 4.69) is 10.1 Å². The molecule has 0 atom stereocenters. The number of halogens is 1. The second-order valence-corrected chi connectivity index (χ2v) is 5.68. The fourth-order valence-corrected chi connectivity index (χ4v) is 1.63. The third kappa shape index (κ3) is 6.07. The molecule has 10 heteroatoms. The number of carbonyl (C=O) groups excluding carboxylic acids is 1. The summed E-state index contributed by atoms with van der Waals surface area (Å²) in [6, 6.07) is 1.50. The van der Waals surface area contributed by atoms with Crippen molar-refractivity contribution in [1.82, 2.24) is 0 Å². The predicted molar refractivity (Wildman–Crippen MR) is 80.5 cm³/mol. The number of anilines is 1. The Bertz CT molecular complexity index is 655. The van der Waals surface area contributed by atoms with Crippen LogP contribution in [0.1, 0.15) is 20.8 Å². The van der Waals surface area contributed by atoms with E-state index in [0.717, 1.165) is 12.1 Å². The zero-order valence-corrected chi connectivity index (χ0v) is 13.3. The van der Waals surface area contributed by atoms with Gasteiger partial charge >= 0.3 is 11.9 Å². The van der Waals surface area contributed by atoms with E-state index in [0.29, 0.717) is 0 Å². The summed E-state index contributed by atoms with van der Waals surface area (Å²) >= 11 is 0. The lowest BCUT2D eigenvalue weighted by atomic mass is 10.2. The number of rotatable bonds is 7. The molecule has 1 aromatic carbocycles. The maximum Gasteiger partial charge on any atom is 0.341 e. The lowest BCUT2D eigenvalue weighted by Gasteiger charge is -2.19. The molecular weight excluding hydrogens is 327 g/mol. The minimum atomic E-state index is -1.36. The summed E-state index contributed by atoms with van der Waals surface area (Å²) in [6.45, 7) is 3.70. The third-order valence-electron chi connectivity index (χ3n) is 2.44. The molecule has 9 nitrogen and oxygen atoms in total. The van der Waals surface area contributed by atoms with Gasteiger partial charge in [0.1, 0.15) is 17.8 Å². The van der Waals surface area contributed by atoms with E-state index < -0.39 is 52.9 Å². The number of ether oxygens (including phenoxy) is 2. The van der Waals surface area contributed by atoms with Crippen LogP contribution in [-0.2, 0) is 14.3 Å². The van der Waals surface area contributed by atoms with Crippen molar-refractivity contribution >= 4 is 23.3 Å². The van der Waals surface area contributed by atoms with Crippen molar-refractivity contribution < 1.29 is 33.5 Å². The van der Waals surface area contributed by atoms with Gasteiger partial charge in [0.15, 0.2) is 18.2 Å². The molecule has 0 amide bonds. The van der Waals surface area contributed by atoms with Crippen molar-refractivity contribution in [3.8, 4) is 5.75 Å². The number of hydrogen-bond acceptors (Lipinski definition) is 7. The van der Waals surface area contributed by atoms with Crippen molar-refractivity contribution in [3.05, 3.63) is 28.1 Å². The van der Waals surface area contributed by atoms with Gasteiger partial charge in [0, 0.05) is 6.07 Å². The molecule has 0 radical (unpaired) electrons. The molecule has 0 aromatic heterocycles. The van der Waals surface area contributed by atoms with Crippen LogP contribution in [0.5, 0.6) is 5.75 Å². The highest BCUT2D eigenvalue weighted by Gasteiger charge is 2.22. The number of carboxylic acids is 1. The molecule has 0 bridgehead atoms. The van der Waals surface area contributed by atoms with Crippen LogP contribution in [0.2, 0.25) is 0 Å². The lowest BCUT2D eigenvalue weighted by Crippen LogP contribution is -2.28. The number of benzene rings is 1. The number of esters is 1. The number of nitro groups is 1. The first-order valence-electron chi connectivity index (χ1n) is 6.78. The first-order chi connectivity index (χ1) is 11.0. The van der Waals surface area contributed by atoms with Crippen LogP contribution in [0.4, 0.5) is 15.8 Å². The Morgan fingerprint density at radius 2 is 2.00 bits per heavy atom. The molecule has 0 saturated heterocycles. The van der Waals surface area contributed by atoms with E-state index in [9.17, 15) is 24.1 Å². The fourth-order valence-electron chi connectivity index (χ4n) is 1.63. The minimum Gasteiger partial charge on any atom is -0.479 e. The molecule has 0 fully saturated rings. The maximum absolute atomic E-state index is 13.8. The van der Waals surface area contributed by atoms with E-state index in [1.54, 1.807) is 20.8 Å². The van der Waals surface area contributed by atoms with Crippen molar-refractivity contribution in [2.45, 2.75) is 26.4 Å². The van der Waals surface area contributed by atoms with Gasteiger partial charge < -0.3 is 19.9 Å². The highest BCUT2D eigenvalue weighted by molar-refractivity contribution is 5.77. The Balaban J connectivity index is 2.94. The maximum atomic E-state index is 13.8. The van der Waals surface area contributed by atoms with Crippen molar-refractivity contribution in [2.75, 3.05) is 18.5 Å². The number of carbonyl (C=O) groups is 2. The molecule has 0 heterocycles. The van der Waals surface area contributed by atoms with Crippen LogP contribution < -0.4 is 10.1 Å². The standard InChI is InChI=1S/C14H17FN2O7/c1-14(2,3)24-13(20)6-16-9-4-8(15)11(23-7-12(18)19)5-10(9)17(21)22/h4-5,16H,6-7H2,1-3H3,(H,18,19). The van der Waals surface area contributed by atoms with Gasteiger partial charge in [0.05, 0.1) is 11.0 Å². The fraction of sp³-hybridized carbons (Fsp3) is 0.429. The molecule has 0 aliphatic heterocycles. The van der Waals surface area contributed by atoms with Crippen LogP contribution >= 0.6 is 0 Å². The molecule has 2 N–H and O–H groups in total. The van der Waals surface area contributed by atoms with Crippen LogP contribution in [0.25, 0.3) is 0 Å². The first-order valence-corrected chi connectivity index (χ1v) is 6.78. The third-order valence-corrected chi connectivity index (χ3v) is 2.44. The largest absolute Gasteiger partial charge is 0.479 e. The Morgan fingerprint density at radius 3 is 2.50 bits per heavy atom. The molecule has 1 aromatic rings. The van der Waals surface area contributed by atoms with Gasteiger partial charge in [-0.1, -0.05) is 0 Å². The smallest absolute Gasteiger partial charge is 0.341 e. The zero-order valence-electron chi connectivity index (χ0n) is 13.3. The summed E-state index contributed by atoms with van der Waals surface area (Å²) in [4.78, 5) is 32.3. The van der Waals surface area contributed by atoms with Gasteiger partial charge in [-0.05, 0) is 20.8 Å². The van der Waals surface area contributed by atoms with E-state index in [4.69, 9.17) is 9.84 Å². The molecule has 0 aliphatic carbocycles. The highest BCUT2D eigenvalue weighted by Crippen LogP contribution is 2.32. The number of nitro benzene ring substituents is 1. The normalized spacial score (nSPS) is 10.8. The summed E-state index contributed by atoms with van der Waals surface area (Å²) in [5, 5.41) is 22.0. The van der Waals surface area contributed by atoms with Gasteiger partial charge in [0.25, 0.3) is 5.69 Å². The van der Waals surface area contributed by atoms with Crippen LogP contribution in [0, 0.1) is 15.9 Å². The van der Waals surface area contributed by atoms with Crippen LogP contribution in [-0.4, -0.2) is 40.7 Å². The number of carboxylic acid groups (broad SMARTS) is 1. The predicted octanol–water partition coefficient (Wildman–Crippen LogP) is 1.95. The first kappa shape index (κ1) is 19.1. The molecule has 0 unspecified atom stereocenters. The van der Waals surface area contributed by atoms with Crippen molar-refractivity contribution in [2.24, 2.45) is 0 Å². The Kier molecular flexibility index (Phi) is 6.04. The SMILES string of the molecule is CC(C)(C)OC(=O)CNc1cc(F)c(OCC(=O)O)cc1[N+](=O)[O-]. The lowest BCUT2D eigenvalue weighted by molar-refractivity contribution is -0.384. The quantitative estimate of drug-likeness (QED) is 0.436. The molecule has 24 heavy (non-hydrogen) atoms. The second kappa shape index (κ2) is 7.57. The van der Waals surface area contributed by atoms with E-state index in [1.807, 2.05) is 0 Å². The Hall–Kier alpha value is -2.91. The molecule has 0 aliphatic rings. The Labute approximate surface area is 136 Å². The summed E-state index contributed by atoms with van der Waals surface area (Å²) in [5.41, 5.74) is -1.56. The zero-order chi connectivity index (χ0) is 18.5. The van der Waals surface area contributed by atoms with Crippen molar-refractivity contribution in [1.29, 1.82) is 0 Å². The van der Waals surface area contributed by atoms with E-state index in [1.165, 1.54) is 0 Å². The summed E-state index contributed by atoms with van der Waals surface area (Å²) in [6.07, 6.45) is 0. The van der Waals surface area contributed by atoms with Gasteiger partial charge in [-0.2, -0.15) is 0 Å². The molecule has 0 spiro atoms. The van der Waals surface area contributed by atoms with Crippen molar-refractivity contribution in [3.63, 3.8) is 0 Å². The molecular formula is C14H17FN2O7. The van der Waals surface area contributed by atoms with E-state index in [-0.39, 0.29) is 5.69 Å². The van der Waals surface area contributed by atoms with Crippen LogP contribution in [0.3, 0.4) is 0 Å². The van der Waals surface area contributed by atoms with Gasteiger partial charge in [0.2, 0.25) is 0 Å². The monoisotopic (exact) mass is 344 g/mol. The topological polar surface area (TPSA) is 128 Å². The minimum absolute atomic E-state index is 0.258. The Morgan fingerprint density at radius 1 is 1.38 bits per heavy atom. The number of aliphatic carboxylic acids is 1.